The Bertz CT molecular complexity index is 420. The third-order valence-electron chi connectivity index (χ3n) is 3.52. The molecule has 1 amide bonds. The fraction of sp³-hybridized carbons (Fsp3) is 0.667. The highest BCUT2D eigenvalue weighted by atomic mass is 16.5. The largest absolute Gasteiger partial charge is 0.378 e. The van der Waals surface area contributed by atoms with Crippen molar-refractivity contribution >= 4 is 5.91 Å². The van der Waals surface area contributed by atoms with Crippen LogP contribution in [-0.4, -0.2) is 48.8 Å². The van der Waals surface area contributed by atoms with E-state index in [0.717, 1.165) is 25.1 Å². The van der Waals surface area contributed by atoms with Crippen molar-refractivity contribution < 1.29 is 14.1 Å². The molecule has 1 aromatic heterocycles. The van der Waals surface area contributed by atoms with E-state index in [9.17, 15) is 4.79 Å². The molecule has 3 rings (SSSR count). The fourth-order valence-corrected chi connectivity index (χ4v) is 2.51. The number of carbonyl (C=O) groups excluding carboxylic acids is 1. The highest BCUT2D eigenvalue weighted by molar-refractivity contribution is 5.95. The average Bonchev–Trinajstić information content (AvgIpc) is 3.09. The zero-order chi connectivity index (χ0) is 12.4. The van der Waals surface area contributed by atoms with Crippen LogP contribution in [0.2, 0.25) is 0 Å². The van der Waals surface area contributed by atoms with Gasteiger partial charge in [-0.2, -0.15) is 0 Å². The summed E-state index contributed by atoms with van der Waals surface area (Å²) in [5.41, 5.74) is 1.35. The molecule has 0 spiro atoms. The molecule has 18 heavy (non-hydrogen) atoms. The molecule has 0 aromatic carbocycles. The van der Waals surface area contributed by atoms with Crippen LogP contribution in [0.5, 0.6) is 0 Å². The Labute approximate surface area is 105 Å². The molecule has 1 N–H and O–H groups in total. The van der Waals surface area contributed by atoms with Gasteiger partial charge >= 0.3 is 0 Å². The van der Waals surface area contributed by atoms with Crippen molar-refractivity contribution in [3.05, 3.63) is 17.5 Å². The highest BCUT2D eigenvalue weighted by Gasteiger charge is 2.29. The van der Waals surface area contributed by atoms with Crippen LogP contribution in [0, 0.1) is 0 Å². The van der Waals surface area contributed by atoms with Crippen molar-refractivity contribution in [2.45, 2.75) is 18.9 Å². The van der Waals surface area contributed by atoms with Crippen molar-refractivity contribution in [3.63, 3.8) is 0 Å². The predicted molar refractivity (Wildman–Crippen MR) is 63.2 cm³/mol. The number of rotatable bonds is 2. The molecule has 2 aliphatic heterocycles. The lowest BCUT2D eigenvalue weighted by Crippen LogP contribution is -2.41. The van der Waals surface area contributed by atoms with Gasteiger partial charge in [-0.3, -0.25) is 4.79 Å². The van der Waals surface area contributed by atoms with Gasteiger partial charge in [0.1, 0.15) is 17.5 Å². The molecular weight excluding hydrogens is 234 g/mol. The van der Waals surface area contributed by atoms with Crippen molar-refractivity contribution in [1.29, 1.82) is 0 Å². The van der Waals surface area contributed by atoms with Crippen LogP contribution >= 0.6 is 0 Å². The summed E-state index contributed by atoms with van der Waals surface area (Å²) in [7, 11) is 0. The van der Waals surface area contributed by atoms with Crippen molar-refractivity contribution in [3.8, 4) is 0 Å². The van der Waals surface area contributed by atoms with Gasteiger partial charge in [-0.25, -0.2) is 0 Å². The number of hydrogen-bond acceptors (Lipinski definition) is 5. The average molecular weight is 251 g/mol. The van der Waals surface area contributed by atoms with Gasteiger partial charge in [-0.1, -0.05) is 5.16 Å². The minimum Gasteiger partial charge on any atom is -0.378 e. The minimum absolute atomic E-state index is 0.00301. The molecular formula is C12H17N3O3. The Kier molecular flexibility index (Phi) is 3.29. The molecule has 1 aromatic rings. The quantitative estimate of drug-likeness (QED) is 0.832. The molecule has 0 radical (unpaired) electrons. The van der Waals surface area contributed by atoms with Gasteiger partial charge in [0.25, 0.3) is 5.91 Å². The van der Waals surface area contributed by atoms with Crippen molar-refractivity contribution in [2.75, 3.05) is 32.8 Å². The number of ether oxygens (including phenoxy) is 1. The first-order valence-electron chi connectivity index (χ1n) is 6.41. The summed E-state index contributed by atoms with van der Waals surface area (Å²) in [5, 5.41) is 7.34. The van der Waals surface area contributed by atoms with E-state index in [1.165, 1.54) is 6.26 Å². The molecule has 6 heteroatoms. The zero-order valence-electron chi connectivity index (χ0n) is 10.2. The van der Waals surface area contributed by atoms with E-state index < -0.39 is 0 Å². The molecule has 0 unspecified atom stereocenters. The topological polar surface area (TPSA) is 67.6 Å². The molecule has 1 atom stereocenters. The number of aromatic nitrogens is 1. The SMILES string of the molecule is O=C(c1conc1[C@H]1CCCN1)N1CCOCC1. The first-order valence-corrected chi connectivity index (χ1v) is 6.41. The Hall–Kier alpha value is -1.40. The molecule has 98 valence electrons. The van der Waals surface area contributed by atoms with Crippen LogP contribution in [0.15, 0.2) is 10.8 Å². The zero-order valence-corrected chi connectivity index (χ0v) is 10.2. The second kappa shape index (κ2) is 5.07. The van der Waals surface area contributed by atoms with Crippen LogP contribution in [0.25, 0.3) is 0 Å². The van der Waals surface area contributed by atoms with Gasteiger partial charge in [0.2, 0.25) is 0 Å². The normalized spacial score (nSPS) is 24.4. The second-order valence-corrected chi connectivity index (χ2v) is 4.67. The summed E-state index contributed by atoms with van der Waals surface area (Å²) in [6, 6.07) is 0.156. The number of amides is 1. The lowest BCUT2D eigenvalue weighted by molar-refractivity contribution is 0.0301. The Balaban J connectivity index is 1.78. The van der Waals surface area contributed by atoms with E-state index in [4.69, 9.17) is 9.26 Å². The summed E-state index contributed by atoms with van der Waals surface area (Å²) >= 11 is 0. The number of nitrogens with one attached hydrogen (secondary N) is 1. The highest BCUT2D eigenvalue weighted by Crippen LogP contribution is 2.25. The maximum absolute atomic E-state index is 12.4. The number of nitrogens with zero attached hydrogens (tertiary/aromatic N) is 2. The molecule has 3 heterocycles. The molecule has 2 fully saturated rings. The number of hydrogen-bond donors (Lipinski definition) is 1. The molecule has 2 aliphatic rings. The minimum atomic E-state index is 0.00301. The smallest absolute Gasteiger partial charge is 0.259 e. The monoisotopic (exact) mass is 251 g/mol. The van der Waals surface area contributed by atoms with Crippen molar-refractivity contribution in [2.24, 2.45) is 0 Å². The lowest BCUT2D eigenvalue weighted by atomic mass is 10.1. The Morgan fingerprint density at radius 2 is 2.28 bits per heavy atom. The van der Waals surface area contributed by atoms with E-state index in [2.05, 4.69) is 10.5 Å². The first kappa shape index (κ1) is 11.7. The molecule has 6 nitrogen and oxygen atoms in total. The number of morpholine rings is 1. The van der Waals surface area contributed by atoms with Crippen LogP contribution in [0.3, 0.4) is 0 Å². The Morgan fingerprint density at radius 3 is 3.00 bits per heavy atom. The summed E-state index contributed by atoms with van der Waals surface area (Å²) < 4.78 is 10.3. The molecule has 0 aliphatic carbocycles. The second-order valence-electron chi connectivity index (χ2n) is 4.67. The van der Waals surface area contributed by atoms with E-state index in [0.29, 0.717) is 31.9 Å². The van der Waals surface area contributed by atoms with Crippen LogP contribution in [0.1, 0.15) is 34.9 Å². The molecule has 0 bridgehead atoms. The van der Waals surface area contributed by atoms with Gasteiger partial charge < -0.3 is 19.5 Å². The third kappa shape index (κ3) is 2.13. The molecule has 0 saturated carbocycles. The van der Waals surface area contributed by atoms with Gasteiger partial charge in [0.15, 0.2) is 0 Å². The van der Waals surface area contributed by atoms with E-state index in [1.54, 1.807) is 4.90 Å². The van der Waals surface area contributed by atoms with Crippen molar-refractivity contribution in [1.82, 2.24) is 15.4 Å². The van der Waals surface area contributed by atoms with Gasteiger partial charge in [-0.15, -0.1) is 0 Å². The van der Waals surface area contributed by atoms with E-state index in [-0.39, 0.29) is 11.9 Å². The van der Waals surface area contributed by atoms with Gasteiger partial charge in [-0.05, 0) is 19.4 Å². The maximum Gasteiger partial charge on any atom is 0.259 e. The Morgan fingerprint density at radius 1 is 1.44 bits per heavy atom. The van der Waals surface area contributed by atoms with E-state index >= 15 is 0 Å². The molecule has 2 saturated heterocycles. The predicted octanol–water partition coefficient (Wildman–Crippen LogP) is 0.571. The maximum atomic E-state index is 12.4. The van der Waals surface area contributed by atoms with Crippen LogP contribution in [0.4, 0.5) is 0 Å². The summed E-state index contributed by atoms with van der Waals surface area (Å²) in [6.07, 6.45) is 3.59. The van der Waals surface area contributed by atoms with E-state index in [1.807, 2.05) is 0 Å². The lowest BCUT2D eigenvalue weighted by Gasteiger charge is -2.26. The van der Waals surface area contributed by atoms with Gasteiger partial charge in [0, 0.05) is 13.1 Å². The van der Waals surface area contributed by atoms with Crippen LogP contribution in [-0.2, 0) is 4.74 Å². The van der Waals surface area contributed by atoms with Crippen LogP contribution < -0.4 is 5.32 Å². The fourth-order valence-electron chi connectivity index (χ4n) is 2.51. The summed E-state index contributed by atoms with van der Waals surface area (Å²) in [4.78, 5) is 14.2. The van der Waals surface area contributed by atoms with Gasteiger partial charge in [0.05, 0.1) is 19.3 Å². The third-order valence-corrected chi connectivity index (χ3v) is 3.52. The summed E-state index contributed by atoms with van der Waals surface area (Å²) in [5.74, 6) is 0.00301. The standard InChI is InChI=1S/C12H17N3O3/c16-12(15-4-6-17-7-5-15)9-8-18-14-11(9)10-2-1-3-13-10/h8,10,13H,1-7H2/t10-/m1/s1. The summed E-state index contributed by atoms with van der Waals surface area (Å²) in [6.45, 7) is 3.47. The number of carbonyl (C=O) groups is 1. The first-order chi connectivity index (χ1) is 8.86.